The lowest BCUT2D eigenvalue weighted by Gasteiger charge is -2.06. The molecule has 0 unspecified atom stereocenters. The van der Waals surface area contributed by atoms with E-state index in [2.05, 4.69) is 29.3 Å². The van der Waals surface area contributed by atoms with Crippen molar-refractivity contribution in [1.82, 2.24) is 10.2 Å². The van der Waals surface area contributed by atoms with Crippen molar-refractivity contribution in [3.63, 3.8) is 0 Å². The predicted molar refractivity (Wildman–Crippen MR) is 87.3 cm³/mol. The standard InChI is InChI=1S/C17H16N2O2S/c1-12-5-3-4-6-15(12)16-11-18-19-17(16)13-7-9-14(10-8-13)22(2,20)21/h3-11H,1-2H3,(H,18,19). The Bertz CT molecular complexity index is 910. The third kappa shape index (κ3) is 2.67. The van der Waals surface area contributed by atoms with Crippen LogP contribution < -0.4 is 0 Å². The van der Waals surface area contributed by atoms with Gasteiger partial charge in [0.05, 0.1) is 10.6 Å². The van der Waals surface area contributed by atoms with Crippen LogP contribution in [0, 0.1) is 6.92 Å². The van der Waals surface area contributed by atoms with E-state index in [9.17, 15) is 8.42 Å². The molecular formula is C17H16N2O2S. The topological polar surface area (TPSA) is 62.8 Å². The van der Waals surface area contributed by atoms with Crippen molar-refractivity contribution in [3.05, 3.63) is 60.3 Å². The second kappa shape index (κ2) is 5.42. The Morgan fingerprint density at radius 2 is 1.64 bits per heavy atom. The van der Waals surface area contributed by atoms with Crippen LogP contribution in [0.3, 0.4) is 0 Å². The Morgan fingerprint density at radius 3 is 2.27 bits per heavy atom. The highest BCUT2D eigenvalue weighted by Gasteiger charge is 2.13. The second-order valence-electron chi connectivity index (χ2n) is 5.26. The van der Waals surface area contributed by atoms with Gasteiger partial charge in [0, 0.05) is 23.6 Å². The lowest BCUT2D eigenvalue weighted by atomic mass is 9.98. The van der Waals surface area contributed by atoms with Gasteiger partial charge in [-0.3, -0.25) is 5.10 Å². The average Bonchev–Trinajstić information content (AvgIpc) is 2.96. The third-order valence-electron chi connectivity index (χ3n) is 3.63. The number of benzene rings is 2. The zero-order valence-electron chi connectivity index (χ0n) is 12.4. The summed E-state index contributed by atoms with van der Waals surface area (Å²) in [4.78, 5) is 0.309. The SMILES string of the molecule is Cc1ccccc1-c1c[nH]nc1-c1ccc(S(C)(=O)=O)cc1. The fourth-order valence-electron chi connectivity index (χ4n) is 2.45. The Hall–Kier alpha value is -2.40. The highest BCUT2D eigenvalue weighted by Crippen LogP contribution is 2.32. The number of aryl methyl sites for hydroxylation is 1. The minimum Gasteiger partial charge on any atom is -0.284 e. The van der Waals surface area contributed by atoms with E-state index in [1.807, 2.05) is 18.3 Å². The molecule has 3 rings (SSSR count). The molecule has 0 amide bonds. The molecule has 112 valence electrons. The van der Waals surface area contributed by atoms with Crippen LogP contribution in [-0.4, -0.2) is 24.9 Å². The fourth-order valence-corrected chi connectivity index (χ4v) is 3.08. The lowest BCUT2D eigenvalue weighted by Crippen LogP contribution is -1.96. The maximum atomic E-state index is 11.5. The first kappa shape index (κ1) is 14.5. The summed E-state index contributed by atoms with van der Waals surface area (Å²) in [6.07, 6.45) is 3.07. The molecule has 0 aliphatic heterocycles. The molecule has 0 atom stereocenters. The van der Waals surface area contributed by atoms with E-state index in [-0.39, 0.29) is 0 Å². The normalized spacial score (nSPS) is 11.5. The molecule has 0 aliphatic rings. The van der Waals surface area contributed by atoms with Crippen molar-refractivity contribution in [3.8, 4) is 22.4 Å². The Morgan fingerprint density at radius 1 is 0.955 bits per heavy atom. The van der Waals surface area contributed by atoms with Crippen LogP contribution in [0.4, 0.5) is 0 Å². The smallest absolute Gasteiger partial charge is 0.175 e. The maximum Gasteiger partial charge on any atom is 0.175 e. The van der Waals surface area contributed by atoms with E-state index in [1.165, 1.54) is 6.26 Å². The molecule has 0 aliphatic carbocycles. The number of nitrogens with one attached hydrogen (secondary N) is 1. The number of rotatable bonds is 3. The average molecular weight is 312 g/mol. The summed E-state index contributed by atoms with van der Waals surface area (Å²) in [7, 11) is -3.19. The van der Waals surface area contributed by atoms with Crippen molar-refractivity contribution in [2.45, 2.75) is 11.8 Å². The molecule has 0 spiro atoms. The van der Waals surface area contributed by atoms with Crippen LogP contribution in [0.15, 0.2) is 59.6 Å². The van der Waals surface area contributed by atoms with Gasteiger partial charge in [-0.2, -0.15) is 5.10 Å². The van der Waals surface area contributed by atoms with Gasteiger partial charge < -0.3 is 0 Å². The number of H-pyrrole nitrogens is 1. The molecule has 0 bridgehead atoms. The largest absolute Gasteiger partial charge is 0.284 e. The number of hydrogen-bond donors (Lipinski definition) is 1. The molecule has 0 fully saturated rings. The predicted octanol–water partition coefficient (Wildman–Crippen LogP) is 3.46. The van der Waals surface area contributed by atoms with E-state index in [0.717, 1.165) is 27.9 Å². The summed E-state index contributed by atoms with van der Waals surface area (Å²) in [5.41, 5.74) is 4.97. The highest BCUT2D eigenvalue weighted by molar-refractivity contribution is 7.90. The molecule has 5 heteroatoms. The van der Waals surface area contributed by atoms with Gasteiger partial charge in [-0.1, -0.05) is 36.4 Å². The summed E-state index contributed by atoms with van der Waals surface area (Å²) in [6, 6.07) is 14.9. The summed E-state index contributed by atoms with van der Waals surface area (Å²) in [5.74, 6) is 0. The molecule has 0 radical (unpaired) electrons. The van der Waals surface area contributed by atoms with Crippen molar-refractivity contribution in [2.24, 2.45) is 0 Å². The molecule has 3 aromatic rings. The van der Waals surface area contributed by atoms with Crippen molar-refractivity contribution in [2.75, 3.05) is 6.26 Å². The molecule has 0 saturated heterocycles. The molecule has 22 heavy (non-hydrogen) atoms. The van der Waals surface area contributed by atoms with Gasteiger partial charge in [-0.25, -0.2) is 8.42 Å². The Balaban J connectivity index is 2.08. The van der Waals surface area contributed by atoms with Gasteiger partial charge in [0.15, 0.2) is 9.84 Å². The molecule has 1 aromatic heterocycles. The molecule has 4 nitrogen and oxygen atoms in total. The van der Waals surface area contributed by atoms with E-state index < -0.39 is 9.84 Å². The zero-order valence-corrected chi connectivity index (χ0v) is 13.2. The number of aromatic nitrogens is 2. The fraction of sp³-hybridized carbons (Fsp3) is 0.118. The minimum atomic E-state index is -3.19. The van der Waals surface area contributed by atoms with Crippen LogP contribution in [0.25, 0.3) is 22.4 Å². The molecule has 0 saturated carbocycles. The summed E-state index contributed by atoms with van der Waals surface area (Å²) in [5, 5.41) is 7.22. The van der Waals surface area contributed by atoms with E-state index >= 15 is 0 Å². The third-order valence-corrected chi connectivity index (χ3v) is 4.76. The number of aromatic amines is 1. The summed E-state index contributed by atoms with van der Waals surface area (Å²) in [6.45, 7) is 2.05. The zero-order chi connectivity index (χ0) is 15.7. The first-order valence-corrected chi connectivity index (χ1v) is 8.76. The van der Waals surface area contributed by atoms with Crippen molar-refractivity contribution in [1.29, 1.82) is 0 Å². The summed E-state index contributed by atoms with van der Waals surface area (Å²) >= 11 is 0. The van der Waals surface area contributed by atoms with Crippen molar-refractivity contribution < 1.29 is 8.42 Å². The van der Waals surface area contributed by atoms with Crippen LogP contribution in [0.1, 0.15) is 5.56 Å². The van der Waals surface area contributed by atoms with Gasteiger partial charge in [0.1, 0.15) is 0 Å². The first-order valence-electron chi connectivity index (χ1n) is 6.87. The number of nitrogens with zero attached hydrogens (tertiary/aromatic N) is 1. The lowest BCUT2D eigenvalue weighted by molar-refractivity contribution is 0.602. The molecule has 1 N–H and O–H groups in total. The van der Waals surface area contributed by atoms with Crippen LogP contribution in [-0.2, 0) is 9.84 Å². The molecule has 1 heterocycles. The van der Waals surface area contributed by atoms with Crippen LogP contribution in [0.5, 0.6) is 0 Å². The monoisotopic (exact) mass is 312 g/mol. The molecule has 2 aromatic carbocycles. The molecular weight excluding hydrogens is 296 g/mol. The van der Waals surface area contributed by atoms with Gasteiger partial charge in [-0.05, 0) is 30.2 Å². The number of sulfone groups is 1. The maximum absolute atomic E-state index is 11.5. The van der Waals surface area contributed by atoms with E-state index in [0.29, 0.717) is 4.90 Å². The summed E-state index contributed by atoms with van der Waals surface area (Å²) < 4.78 is 23.1. The van der Waals surface area contributed by atoms with Gasteiger partial charge in [0.2, 0.25) is 0 Å². The quantitative estimate of drug-likeness (QED) is 0.805. The van der Waals surface area contributed by atoms with E-state index in [4.69, 9.17) is 0 Å². The van der Waals surface area contributed by atoms with Gasteiger partial charge >= 0.3 is 0 Å². The number of hydrogen-bond acceptors (Lipinski definition) is 3. The Kier molecular flexibility index (Phi) is 3.58. The van der Waals surface area contributed by atoms with Gasteiger partial charge in [0.25, 0.3) is 0 Å². The Labute approximate surface area is 129 Å². The van der Waals surface area contributed by atoms with E-state index in [1.54, 1.807) is 24.3 Å². The van der Waals surface area contributed by atoms with Crippen molar-refractivity contribution >= 4 is 9.84 Å². The minimum absolute atomic E-state index is 0.309. The van der Waals surface area contributed by atoms with Crippen LogP contribution >= 0.6 is 0 Å². The highest BCUT2D eigenvalue weighted by atomic mass is 32.2. The van der Waals surface area contributed by atoms with Crippen LogP contribution in [0.2, 0.25) is 0 Å². The van der Waals surface area contributed by atoms with Gasteiger partial charge in [-0.15, -0.1) is 0 Å². The second-order valence-corrected chi connectivity index (χ2v) is 7.27. The first-order chi connectivity index (χ1) is 10.5.